The van der Waals surface area contributed by atoms with E-state index in [-0.39, 0.29) is 28.9 Å². The van der Waals surface area contributed by atoms with Gasteiger partial charge >= 0.3 is 6.36 Å². The van der Waals surface area contributed by atoms with E-state index in [0.717, 1.165) is 18.6 Å². The van der Waals surface area contributed by atoms with E-state index in [0.29, 0.717) is 38.0 Å². The number of piperidine rings is 1. The van der Waals surface area contributed by atoms with Crippen LogP contribution < -0.4 is 10.1 Å². The molecule has 2 rings (SSSR count). The van der Waals surface area contributed by atoms with E-state index in [9.17, 15) is 22.8 Å². The number of hydrogen-bond acceptors (Lipinski definition) is 3. The Morgan fingerprint density at radius 2 is 1.68 bits per heavy atom. The molecule has 28 heavy (non-hydrogen) atoms. The van der Waals surface area contributed by atoms with Crippen LogP contribution in [-0.2, 0) is 9.59 Å². The zero-order valence-electron chi connectivity index (χ0n) is 16.4. The fourth-order valence-corrected chi connectivity index (χ4v) is 3.02. The Kier molecular flexibility index (Phi) is 6.96. The van der Waals surface area contributed by atoms with Gasteiger partial charge in [-0.15, -0.1) is 13.2 Å². The Morgan fingerprint density at radius 3 is 2.18 bits per heavy atom. The van der Waals surface area contributed by atoms with Crippen LogP contribution in [0.3, 0.4) is 0 Å². The lowest BCUT2D eigenvalue weighted by Crippen LogP contribution is -2.41. The Bertz CT molecular complexity index is 673. The minimum atomic E-state index is -4.75. The summed E-state index contributed by atoms with van der Waals surface area (Å²) < 4.78 is 40.3. The maximum absolute atomic E-state index is 12.4. The predicted molar refractivity (Wildman–Crippen MR) is 99.7 cm³/mol. The van der Waals surface area contributed by atoms with Crippen molar-refractivity contribution in [2.24, 2.45) is 11.3 Å². The van der Waals surface area contributed by atoms with Crippen molar-refractivity contribution in [3.8, 4) is 5.75 Å². The number of rotatable bonds is 5. The largest absolute Gasteiger partial charge is 0.573 e. The summed E-state index contributed by atoms with van der Waals surface area (Å²) >= 11 is 0. The normalized spacial score (nSPS) is 16.0. The van der Waals surface area contributed by atoms with Crippen LogP contribution in [-0.4, -0.2) is 36.2 Å². The molecule has 1 N–H and O–H groups in total. The number of likely N-dealkylation sites (tertiary alicyclic amines) is 1. The number of anilines is 1. The molecule has 0 saturated carbocycles. The third-order valence-corrected chi connectivity index (χ3v) is 4.66. The molecule has 1 aliphatic rings. The highest BCUT2D eigenvalue weighted by Gasteiger charge is 2.31. The molecule has 0 unspecified atom stereocenters. The van der Waals surface area contributed by atoms with Crippen molar-refractivity contribution in [2.45, 2.75) is 52.8 Å². The first-order valence-corrected chi connectivity index (χ1v) is 9.37. The maximum atomic E-state index is 12.4. The molecular weight excluding hydrogens is 373 g/mol. The number of halogens is 3. The smallest absolute Gasteiger partial charge is 0.406 e. The van der Waals surface area contributed by atoms with Gasteiger partial charge in [-0.05, 0) is 48.9 Å². The zero-order valence-corrected chi connectivity index (χ0v) is 16.4. The Labute approximate surface area is 163 Å². The minimum absolute atomic E-state index is 0.106. The van der Waals surface area contributed by atoms with Crippen LogP contribution in [0, 0.1) is 11.3 Å². The van der Waals surface area contributed by atoms with Crippen LogP contribution in [0.1, 0.15) is 46.5 Å². The molecule has 0 bridgehead atoms. The number of alkyl halides is 3. The van der Waals surface area contributed by atoms with Crippen molar-refractivity contribution in [2.75, 3.05) is 18.4 Å². The average molecular weight is 400 g/mol. The zero-order chi connectivity index (χ0) is 20.9. The Balaban J connectivity index is 1.79. The summed E-state index contributed by atoms with van der Waals surface area (Å²) in [6.07, 6.45) is -2.28. The lowest BCUT2D eigenvalue weighted by Gasteiger charge is -2.32. The van der Waals surface area contributed by atoms with Gasteiger partial charge in [0.25, 0.3) is 0 Å². The number of nitrogens with zero attached hydrogens (tertiary/aromatic N) is 1. The third-order valence-electron chi connectivity index (χ3n) is 4.66. The van der Waals surface area contributed by atoms with Crippen molar-refractivity contribution in [1.29, 1.82) is 0 Å². The molecular formula is C20H27F3N2O3. The first-order chi connectivity index (χ1) is 12.9. The monoisotopic (exact) mass is 400 g/mol. The SMILES string of the molecule is CC(C)(C)CCC(=O)N1CCC(C(=O)Nc2ccc(OC(F)(F)F)cc2)CC1. The first kappa shape index (κ1) is 22.0. The first-order valence-electron chi connectivity index (χ1n) is 9.37. The van der Waals surface area contributed by atoms with E-state index in [4.69, 9.17) is 0 Å². The summed E-state index contributed by atoms with van der Waals surface area (Å²) in [5, 5.41) is 2.71. The molecule has 1 fully saturated rings. The van der Waals surface area contributed by atoms with Crippen molar-refractivity contribution in [1.82, 2.24) is 4.90 Å². The summed E-state index contributed by atoms with van der Waals surface area (Å²) in [7, 11) is 0. The van der Waals surface area contributed by atoms with Gasteiger partial charge in [-0.1, -0.05) is 20.8 Å². The average Bonchev–Trinajstić information content (AvgIpc) is 2.59. The lowest BCUT2D eigenvalue weighted by atomic mass is 9.90. The molecule has 8 heteroatoms. The van der Waals surface area contributed by atoms with Crippen molar-refractivity contribution < 1.29 is 27.5 Å². The highest BCUT2D eigenvalue weighted by molar-refractivity contribution is 5.92. The van der Waals surface area contributed by atoms with Crippen LogP contribution in [0.2, 0.25) is 0 Å². The summed E-state index contributed by atoms with van der Waals surface area (Å²) in [6.45, 7) is 7.37. The van der Waals surface area contributed by atoms with Crippen molar-refractivity contribution in [3.63, 3.8) is 0 Å². The Morgan fingerprint density at radius 1 is 1.11 bits per heavy atom. The third kappa shape index (κ3) is 7.40. The lowest BCUT2D eigenvalue weighted by molar-refractivity contribution is -0.274. The molecule has 1 aromatic rings. The number of ether oxygens (including phenoxy) is 1. The van der Waals surface area contributed by atoms with Crippen LogP contribution in [0.4, 0.5) is 18.9 Å². The second-order valence-electron chi connectivity index (χ2n) is 8.28. The van der Waals surface area contributed by atoms with E-state index in [2.05, 4.69) is 30.8 Å². The van der Waals surface area contributed by atoms with Crippen LogP contribution >= 0.6 is 0 Å². The number of benzene rings is 1. The van der Waals surface area contributed by atoms with Crippen LogP contribution in [0.15, 0.2) is 24.3 Å². The van der Waals surface area contributed by atoms with E-state index in [1.807, 2.05) is 0 Å². The molecule has 0 radical (unpaired) electrons. The Hall–Kier alpha value is -2.25. The molecule has 1 heterocycles. The molecule has 1 aromatic carbocycles. The van der Waals surface area contributed by atoms with Gasteiger partial charge < -0.3 is 15.0 Å². The summed E-state index contributed by atoms with van der Waals surface area (Å²) in [5.74, 6) is -0.634. The van der Waals surface area contributed by atoms with Gasteiger partial charge in [-0.3, -0.25) is 9.59 Å². The molecule has 0 spiro atoms. The number of carbonyl (C=O) groups is 2. The quantitative estimate of drug-likeness (QED) is 0.787. The number of hydrogen-bond donors (Lipinski definition) is 1. The topological polar surface area (TPSA) is 58.6 Å². The van der Waals surface area contributed by atoms with Gasteiger partial charge in [0.05, 0.1) is 0 Å². The molecule has 1 aliphatic heterocycles. The summed E-state index contributed by atoms with van der Waals surface area (Å²) in [4.78, 5) is 26.5. The number of amides is 2. The van der Waals surface area contributed by atoms with E-state index in [1.54, 1.807) is 4.90 Å². The van der Waals surface area contributed by atoms with Gasteiger partial charge in [-0.2, -0.15) is 0 Å². The predicted octanol–water partition coefficient (Wildman–Crippen LogP) is 4.59. The summed E-state index contributed by atoms with van der Waals surface area (Å²) in [6, 6.07) is 5.04. The van der Waals surface area contributed by atoms with E-state index >= 15 is 0 Å². The maximum Gasteiger partial charge on any atom is 0.573 e. The molecule has 0 atom stereocenters. The fraction of sp³-hybridized carbons (Fsp3) is 0.600. The van der Waals surface area contributed by atoms with Gasteiger partial charge in [0.1, 0.15) is 5.75 Å². The highest BCUT2D eigenvalue weighted by Crippen LogP contribution is 2.26. The van der Waals surface area contributed by atoms with Gasteiger partial charge in [-0.25, -0.2) is 0 Å². The number of carbonyl (C=O) groups excluding carboxylic acids is 2. The van der Waals surface area contributed by atoms with E-state index in [1.165, 1.54) is 12.1 Å². The standard InChI is InChI=1S/C20H27F3N2O3/c1-19(2,3)11-8-17(26)25-12-9-14(10-13-25)18(27)24-15-4-6-16(7-5-15)28-20(21,22)23/h4-7,14H,8-13H2,1-3H3,(H,24,27). The van der Waals surface area contributed by atoms with Crippen molar-refractivity contribution >= 4 is 17.5 Å². The van der Waals surface area contributed by atoms with Gasteiger partial charge in [0.2, 0.25) is 11.8 Å². The second-order valence-corrected chi connectivity index (χ2v) is 8.28. The molecule has 0 aromatic heterocycles. The second kappa shape index (κ2) is 8.84. The molecule has 1 saturated heterocycles. The van der Waals surface area contributed by atoms with Crippen LogP contribution in [0.5, 0.6) is 5.75 Å². The molecule has 2 amide bonds. The van der Waals surface area contributed by atoms with Gasteiger partial charge in [0, 0.05) is 31.1 Å². The van der Waals surface area contributed by atoms with Crippen LogP contribution in [0.25, 0.3) is 0 Å². The molecule has 0 aliphatic carbocycles. The minimum Gasteiger partial charge on any atom is -0.406 e. The van der Waals surface area contributed by atoms with Crippen molar-refractivity contribution in [3.05, 3.63) is 24.3 Å². The van der Waals surface area contributed by atoms with Gasteiger partial charge in [0.15, 0.2) is 0 Å². The molecule has 156 valence electrons. The number of nitrogens with one attached hydrogen (secondary N) is 1. The molecule has 5 nitrogen and oxygen atoms in total. The highest BCUT2D eigenvalue weighted by atomic mass is 19.4. The fourth-order valence-electron chi connectivity index (χ4n) is 3.02. The van der Waals surface area contributed by atoms with E-state index < -0.39 is 6.36 Å². The summed E-state index contributed by atoms with van der Waals surface area (Å²) in [5.41, 5.74) is 0.511.